The largest absolute Gasteiger partial charge is 0.489 e. The second-order valence-electron chi connectivity index (χ2n) is 7.80. The number of aliphatic carboxylic acids is 1. The van der Waals surface area contributed by atoms with Crippen LogP contribution in [0.25, 0.3) is 6.08 Å². The lowest BCUT2D eigenvalue weighted by Gasteiger charge is -2.22. The molecule has 1 fully saturated rings. The van der Waals surface area contributed by atoms with Gasteiger partial charge in [0, 0.05) is 13.1 Å². The second kappa shape index (κ2) is 13.4. The van der Waals surface area contributed by atoms with Crippen LogP contribution >= 0.6 is 24.0 Å². The van der Waals surface area contributed by atoms with E-state index in [-0.39, 0.29) is 18.8 Å². The Morgan fingerprint density at radius 1 is 1.13 bits per heavy atom. The quantitative estimate of drug-likeness (QED) is 0.396. The summed E-state index contributed by atoms with van der Waals surface area (Å²) in [6, 6.07) is 14.5. The maximum Gasteiger partial charge on any atom is 0.304 e. The molecule has 0 radical (unpaired) electrons. The van der Waals surface area contributed by atoms with E-state index in [1.807, 2.05) is 30.4 Å². The number of carbonyl (C=O) groups is 1. The number of benzene rings is 2. The third-order valence-electron chi connectivity index (χ3n) is 5.51. The highest BCUT2D eigenvalue weighted by atomic mass is 35.5. The summed E-state index contributed by atoms with van der Waals surface area (Å²) in [7, 11) is 0. The van der Waals surface area contributed by atoms with Crippen LogP contribution in [0.2, 0.25) is 5.02 Å². The number of ether oxygens (including phenoxy) is 1. The van der Waals surface area contributed by atoms with E-state index >= 15 is 0 Å². The number of halogens is 2. The van der Waals surface area contributed by atoms with Crippen LogP contribution in [-0.2, 0) is 11.4 Å². The van der Waals surface area contributed by atoms with E-state index in [4.69, 9.17) is 21.4 Å². The highest BCUT2D eigenvalue weighted by Gasteiger charge is 2.15. The van der Waals surface area contributed by atoms with Gasteiger partial charge in [0.15, 0.2) is 0 Å². The SMILES string of the molecule is Cl.O=C(O)CCNCC=Cc1ccc(OCc2ccc(C3CCCCC3)cc2)cc1Cl. The van der Waals surface area contributed by atoms with Gasteiger partial charge in [-0.25, -0.2) is 0 Å². The van der Waals surface area contributed by atoms with Gasteiger partial charge in [-0.2, -0.15) is 0 Å². The first kappa shape index (κ1) is 25.3. The fraction of sp³-hybridized carbons (Fsp3) is 0.400. The van der Waals surface area contributed by atoms with E-state index in [9.17, 15) is 4.79 Å². The number of carboxylic acid groups (broad SMARTS) is 1. The molecular formula is C25H31Cl2NO3. The molecule has 6 heteroatoms. The summed E-state index contributed by atoms with van der Waals surface area (Å²) in [6.07, 6.45) is 10.7. The van der Waals surface area contributed by atoms with Crippen molar-refractivity contribution in [2.75, 3.05) is 13.1 Å². The average molecular weight is 464 g/mol. The Labute approximate surface area is 196 Å². The molecule has 0 aromatic heterocycles. The molecule has 2 N–H and O–H groups in total. The lowest BCUT2D eigenvalue weighted by atomic mass is 9.84. The normalized spacial score (nSPS) is 14.4. The Balaban J connectivity index is 0.00000341. The summed E-state index contributed by atoms with van der Waals surface area (Å²) in [4.78, 5) is 10.5. The van der Waals surface area contributed by atoms with Gasteiger partial charge >= 0.3 is 5.97 Å². The molecule has 0 unspecified atom stereocenters. The smallest absolute Gasteiger partial charge is 0.304 e. The maximum atomic E-state index is 10.5. The third kappa shape index (κ3) is 8.56. The van der Waals surface area contributed by atoms with E-state index in [2.05, 4.69) is 29.6 Å². The van der Waals surface area contributed by atoms with Crippen LogP contribution in [0.3, 0.4) is 0 Å². The summed E-state index contributed by atoms with van der Waals surface area (Å²) >= 11 is 6.37. The molecule has 2 aromatic carbocycles. The Kier molecular flexibility index (Phi) is 10.9. The molecule has 3 rings (SSSR count). The molecule has 1 aliphatic carbocycles. The maximum absolute atomic E-state index is 10.5. The first-order valence-corrected chi connectivity index (χ1v) is 11.1. The molecule has 0 bridgehead atoms. The van der Waals surface area contributed by atoms with Crippen molar-refractivity contribution in [1.82, 2.24) is 5.32 Å². The monoisotopic (exact) mass is 463 g/mol. The zero-order valence-electron chi connectivity index (χ0n) is 17.7. The minimum Gasteiger partial charge on any atom is -0.489 e. The standard InChI is InChI=1S/C25H30ClNO3.ClH/c26-24-17-23(13-12-22(24)7-4-15-27-16-14-25(28)29)30-18-19-8-10-21(11-9-19)20-5-2-1-3-6-20;/h4,7-13,17,20,27H,1-3,5-6,14-16,18H2,(H,28,29);1H. The molecule has 0 spiro atoms. The molecule has 0 heterocycles. The molecule has 4 nitrogen and oxygen atoms in total. The van der Waals surface area contributed by atoms with Crippen LogP contribution < -0.4 is 10.1 Å². The van der Waals surface area contributed by atoms with Crippen molar-refractivity contribution < 1.29 is 14.6 Å². The molecule has 0 amide bonds. The molecule has 1 saturated carbocycles. The van der Waals surface area contributed by atoms with Crippen molar-refractivity contribution >= 4 is 36.1 Å². The van der Waals surface area contributed by atoms with Gasteiger partial charge in [0.05, 0.1) is 11.4 Å². The van der Waals surface area contributed by atoms with Gasteiger partial charge in [-0.05, 0) is 53.6 Å². The van der Waals surface area contributed by atoms with Crippen LogP contribution in [0.1, 0.15) is 61.1 Å². The van der Waals surface area contributed by atoms with Crippen LogP contribution in [0, 0.1) is 0 Å². The van der Waals surface area contributed by atoms with Crippen molar-refractivity contribution in [2.45, 2.75) is 51.0 Å². The van der Waals surface area contributed by atoms with Crippen LogP contribution in [0.5, 0.6) is 5.75 Å². The van der Waals surface area contributed by atoms with Crippen LogP contribution in [0.15, 0.2) is 48.5 Å². The van der Waals surface area contributed by atoms with Gasteiger partial charge < -0.3 is 15.2 Å². The molecule has 31 heavy (non-hydrogen) atoms. The van der Waals surface area contributed by atoms with E-state index < -0.39 is 5.97 Å². The predicted octanol–water partition coefficient (Wildman–Crippen LogP) is 6.47. The summed E-state index contributed by atoms with van der Waals surface area (Å²) in [6.45, 7) is 1.56. The number of hydrogen-bond acceptors (Lipinski definition) is 3. The summed E-state index contributed by atoms with van der Waals surface area (Å²) in [5.74, 6) is 0.666. The zero-order valence-corrected chi connectivity index (χ0v) is 19.3. The number of nitrogens with one attached hydrogen (secondary N) is 1. The minimum absolute atomic E-state index is 0. The fourth-order valence-corrected chi connectivity index (χ4v) is 4.02. The van der Waals surface area contributed by atoms with Gasteiger partial charge in [0.25, 0.3) is 0 Å². The molecule has 0 aliphatic heterocycles. The Morgan fingerprint density at radius 2 is 1.87 bits per heavy atom. The predicted molar refractivity (Wildman–Crippen MR) is 129 cm³/mol. The molecule has 0 saturated heterocycles. The first-order valence-electron chi connectivity index (χ1n) is 10.7. The second-order valence-corrected chi connectivity index (χ2v) is 8.21. The molecule has 168 valence electrons. The van der Waals surface area contributed by atoms with Crippen molar-refractivity contribution in [3.8, 4) is 5.75 Å². The first-order chi connectivity index (χ1) is 14.6. The third-order valence-corrected chi connectivity index (χ3v) is 5.84. The topological polar surface area (TPSA) is 58.6 Å². The van der Waals surface area contributed by atoms with Gasteiger partial charge in [0.2, 0.25) is 0 Å². The number of rotatable bonds is 10. The van der Waals surface area contributed by atoms with Crippen molar-refractivity contribution in [1.29, 1.82) is 0 Å². The summed E-state index contributed by atoms with van der Waals surface area (Å²) in [5.41, 5.74) is 3.51. The fourth-order valence-electron chi connectivity index (χ4n) is 3.79. The Hall–Kier alpha value is -2.01. The number of carboxylic acids is 1. The highest BCUT2D eigenvalue weighted by molar-refractivity contribution is 6.32. The van der Waals surface area contributed by atoms with E-state index in [1.165, 1.54) is 37.7 Å². The zero-order chi connectivity index (χ0) is 21.2. The van der Waals surface area contributed by atoms with Crippen molar-refractivity contribution in [2.24, 2.45) is 0 Å². The summed E-state index contributed by atoms with van der Waals surface area (Å²) < 4.78 is 5.92. The van der Waals surface area contributed by atoms with E-state index in [1.54, 1.807) is 0 Å². The van der Waals surface area contributed by atoms with Crippen molar-refractivity contribution in [3.63, 3.8) is 0 Å². The van der Waals surface area contributed by atoms with Crippen molar-refractivity contribution in [3.05, 3.63) is 70.3 Å². The van der Waals surface area contributed by atoms with Crippen LogP contribution in [-0.4, -0.2) is 24.2 Å². The van der Waals surface area contributed by atoms with Gasteiger partial charge in [0.1, 0.15) is 12.4 Å². The lowest BCUT2D eigenvalue weighted by molar-refractivity contribution is -0.136. The Bertz CT molecular complexity index is 846. The molecule has 1 aliphatic rings. The van der Waals surface area contributed by atoms with Gasteiger partial charge in [-0.1, -0.05) is 67.3 Å². The lowest BCUT2D eigenvalue weighted by Crippen LogP contribution is -2.17. The molecular weight excluding hydrogens is 433 g/mol. The van der Waals surface area contributed by atoms with Crippen LogP contribution in [0.4, 0.5) is 0 Å². The van der Waals surface area contributed by atoms with Gasteiger partial charge in [-0.3, -0.25) is 4.79 Å². The minimum atomic E-state index is -0.801. The van der Waals surface area contributed by atoms with E-state index in [0.29, 0.717) is 24.7 Å². The molecule has 0 atom stereocenters. The average Bonchev–Trinajstić information content (AvgIpc) is 2.76. The number of hydrogen-bond donors (Lipinski definition) is 2. The van der Waals surface area contributed by atoms with E-state index in [0.717, 1.165) is 22.8 Å². The molecule has 2 aromatic rings. The Morgan fingerprint density at radius 3 is 2.55 bits per heavy atom. The van der Waals surface area contributed by atoms with Gasteiger partial charge in [-0.15, -0.1) is 12.4 Å². The highest BCUT2D eigenvalue weighted by Crippen LogP contribution is 2.32. The summed E-state index contributed by atoms with van der Waals surface area (Å²) in [5, 5.41) is 12.3.